The molecule has 8 nitrogen and oxygen atoms in total. The number of nitrogens with two attached hydrogens (primary N) is 1. The molecule has 0 bridgehead atoms. The van der Waals surface area contributed by atoms with E-state index in [-0.39, 0.29) is 0 Å². The van der Waals surface area contributed by atoms with Gasteiger partial charge in [-0.1, -0.05) is 30.9 Å². The number of allylic oxidation sites excluding steroid dienone is 4. The lowest BCUT2D eigenvalue weighted by atomic mass is 10.1. The molecule has 32 heavy (non-hydrogen) atoms. The van der Waals surface area contributed by atoms with Crippen molar-refractivity contribution in [1.29, 1.82) is 0 Å². The smallest absolute Gasteiger partial charge is 0.138 e. The minimum atomic E-state index is 0.292. The third kappa shape index (κ3) is 6.27. The predicted octanol–water partition coefficient (Wildman–Crippen LogP) is 2.48. The molecule has 2 aromatic rings. The Kier molecular flexibility index (Phi) is 8.54. The van der Waals surface area contributed by atoms with Crippen molar-refractivity contribution >= 4 is 17.1 Å². The van der Waals surface area contributed by atoms with E-state index in [9.17, 15) is 0 Å². The minimum absolute atomic E-state index is 0.292. The second-order valence-corrected chi connectivity index (χ2v) is 6.84. The summed E-state index contributed by atoms with van der Waals surface area (Å²) in [6.45, 7) is 7.52. The third-order valence-electron chi connectivity index (χ3n) is 4.79. The van der Waals surface area contributed by atoms with Crippen molar-refractivity contribution in [2.45, 2.75) is 6.61 Å². The van der Waals surface area contributed by atoms with E-state index in [4.69, 9.17) is 20.3 Å². The van der Waals surface area contributed by atoms with E-state index in [2.05, 4.69) is 32.8 Å². The van der Waals surface area contributed by atoms with E-state index >= 15 is 0 Å². The fraction of sp³-hybridized carbons (Fsp3) is 0.250. The van der Waals surface area contributed by atoms with Gasteiger partial charge in [0, 0.05) is 37.6 Å². The van der Waals surface area contributed by atoms with Crippen molar-refractivity contribution in [2.75, 3.05) is 43.5 Å². The first-order valence-electron chi connectivity index (χ1n) is 10.2. The highest BCUT2D eigenvalue weighted by Gasteiger charge is 2.17. The van der Waals surface area contributed by atoms with Crippen molar-refractivity contribution in [1.82, 2.24) is 15.3 Å². The van der Waals surface area contributed by atoms with Crippen LogP contribution >= 0.6 is 0 Å². The summed E-state index contributed by atoms with van der Waals surface area (Å²) in [6, 6.07) is 8.07. The number of anilines is 2. The van der Waals surface area contributed by atoms with Gasteiger partial charge >= 0.3 is 0 Å². The molecule has 2 aromatic heterocycles. The lowest BCUT2D eigenvalue weighted by Gasteiger charge is -2.30. The number of rotatable bonds is 9. The first-order chi connectivity index (χ1) is 15.7. The number of nitrogen functional groups attached to an aromatic ring is 1. The molecule has 0 atom stereocenters. The van der Waals surface area contributed by atoms with E-state index < -0.39 is 0 Å². The summed E-state index contributed by atoms with van der Waals surface area (Å²) in [5.74, 6) is 1.09. The Morgan fingerprint density at radius 1 is 1.31 bits per heavy atom. The highest BCUT2D eigenvalue weighted by molar-refractivity contribution is 5.73. The van der Waals surface area contributed by atoms with Gasteiger partial charge in [-0.05, 0) is 23.8 Å². The topological polar surface area (TPSA) is 106 Å². The van der Waals surface area contributed by atoms with Crippen LogP contribution in [-0.2, 0) is 11.3 Å². The van der Waals surface area contributed by atoms with Crippen LogP contribution in [-0.4, -0.2) is 47.9 Å². The molecule has 0 radical (unpaired) electrons. The molecular weight excluding hydrogens is 406 g/mol. The van der Waals surface area contributed by atoms with Crippen molar-refractivity contribution in [2.24, 2.45) is 0 Å². The van der Waals surface area contributed by atoms with Gasteiger partial charge in [0.15, 0.2) is 0 Å². The molecule has 3 heterocycles. The minimum Gasteiger partial charge on any atom is -0.487 e. The molecule has 0 aliphatic carbocycles. The molecule has 166 valence electrons. The zero-order valence-corrected chi connectivity index (χ0v) is 17.8. The summed E-state index contributed by atoms with van der Waals surface area (Å²) in [6.07, 6.45) is 12.5. The molecule has 0 amide bonds. The molecule has 8 heteroatoms. The largest absolute Gasteiger partial charge is 0.487 e. The first kappa shape index (κ1) is 22.7. The van der Waals surface area contributed by atoms with Crippen LogP contribution in [0.3, 0.4) is 0 Å². The molecule has 1 saturated heterocycles. The maximum atomic E-state index is 8.46. The SMILES string of the molecule is C=C/C=C(\C=C/CNC#CO)c1ccc(OCc2c(N3CCOCC3)ccnc2N)cn1. The van der Waals surface area contributed by atoms with Gasteiger partial charge in [-0.3, -0.25) is 4.98 Å². The maximum Gasteiger partial charge on any atom is 0.138 e. The number of morpholine rings is 1. The van der Waals surface area contributed by atoms with Gasteiger partial charge in [0.25, 0.3) is 0 Å². The number of ether oxygens (including phenoxy) is 2. The number of pyridine rings is 2. The van der Waals surface area contributed by atoms with Gasteiger partial charge < -0.3 is 30.5 Å². The second kappa shape index (κ2) is 12.0. The monoisotopic (exact) mass is 433 g/mol. The van der Waals surface area contributed by atoms with E-state index in [1.807, 2.05) is 36.4 Å². The Balaban J connectivity index is 1.67. The summed E-state index contributed by atoms with van der Waals surface area (Å²) in [4.78, 5) is 11.0. The van der Waals surface area contributed by atoms with Gasteiger partial charge in [-0.25, -0.2) is 4.98 Å². The fourth-order valence-electron chi connectivity index (χ4n) is 3.23. The number of hydrogen-bond acceptors (Lipinski definition) is 8. The van der Waals surface area contributed by atoms with E-state index in [1.165, 1.54) is 0 Å². The maximum absolute atomic E-state index is 8.46. The summed E-state index contributed by atoms with van der Waals surface area (Å²) in [5.41, 5.74) is 9.68. The third-order valence-corrected chi connectivity index (χ3v) is 4.79. The van der Waals surface area contributed by atoms with Gasteiger partial charge in [0.1, 0.15) is 24.3 Å². The van der Waals surface area contributed by atoms with Crippen LogP contribution in [0, 0.1) is 12.2 Å². The van der Waals surface area contributed by atoms with Gasteiger partial charge in [-0.2, -0.15) is 0 Å². The molecular formula is C24H27N5O3. The number of hydrogen-bond donors (Lipinski definition) is 3. The highest BCUT2D eigenvalue weighted by atomic mass is 16.5. The predicted molar refractivity (Wildman–Crippen MR) is 125 cm³/mol. The normalized spacial score (nSPS) is 14.0. The zero-order chi connectivity index (χ0) is 22.6. The van der Waals surface area contributed by atoms with Gasteiger partial charge in [-0.15, -0.1) is 0 Å². The molecule has 0 spiro atoms. The summed E-state index contributed by atoms with van der Waals surface area (Å²) >= 11 is 0. The first-order valence-corrected chi connectivity index (χ1v) is 10.2. The van der Waals surface area contributed by atoms with Crippen molar-refractivity contribution in [3.05, 3.63) is 72.7 Å². The van der Waals surface area contributed by atoms with E-state index in [1.54, 1.807) is 24.6 Å². The Hall–Kier alpha value is -3.96. The average Bonchev–Trinajstić information content (AvgIpc) is 2.83. The van der Waals surface area contributed by atoms with Crippen LogP contribution in [0.2, 0.25) is 0 Å². The zero-order valence-electron chi connectivity index (χ0n) is 17.8. The Morgan fingerprint density at radius 2 is 2.16 bits per heavy atom. The van der Waals surface area contributed by atoms with Crippen LogP contribution in [0.25, 0.3) is 5.57 Å². The number of nitrogens with one attached hydrogen (secondary N) is 1. The van der Waals surface area contributed by atoms with E-state index in [0.29, 0.717) is 37.9 Å². The van der Waals surface area contributed by atoms with Crippen LogP contribution in [0.1, 0.15) is 11.3 Å². The Labute approximate surface area is 188 Å². The van der Waals surface area contributed by atoms with Crippen LogP contribution in [0.15, 0.2) is 61.5 Å². The van der Waals surface area contributed by atoms with E-state index in [0.717, 1.165) is 35.6 Å². The van der Waals surface area contributed by atoms with Crippen molar-refractivity contribution in [3.63, 3.8) is 0 Å². The van der Waals surface area contributed by atoms with Crippen LogP contribution in [0.5, 0.6) is 5.75 Å². The Morgan fingerprint density at radius 3 is 2.88 bits per heavy atom. The molecule has 1 fully saturated rings. The molecule has 1 aliphatic heterocycles. The lowest BCUT2D eigenvalue weighted by molar-refractivity contribution is 0.122. The summed E-state index contributed by atoms with van der Waals surface area (Å²) < 4.78 is 11.4. The number of aliphatic hydroxyl groups excluding tert-OH is 1. The van der Waals surface area contributed by atoms with Crippen LogP contribution < -0.4 is 20.7 Å². The van der Waals surface area contributed by atoms with Gasteiger partial charge in [0.05, 0.1) is 30.7 Å². The summed E-state index contributed by atoms with van der Waals surface area (Å²) in [5, 5.41) is 11.2. The summed E-state index contributed by atoms with van der Waals surface area (Å²) in [7, 11) is 0. The number of nitrogens with zero attached hydrogens (tertiary/aromatic N) is 3. The second-order valence-electron chi connectivity index (χ2n) is 6.84. The van der Waals surface area contributed by atoms with Crippen molar-refractivity contribution < 1.29 is 14.6 Å². The molecule has 0 saturated carbocycles. The lowest BCUT2D eigenvalue weighted by Crippen LogP contribution is -2.37. The fourth-order valence-corrected chi connectivity index (χ4v) is 3.23. The van der Waals surface area contributed by atoms with Gasteiger partial charge in [0.2, 0.25) is 0 Å². The average molecular weight is 434 g/mol. The molecule has 3 rings (SSSR count). The standard InChI is InChI=1S/C24H27N5O3/c1-2-4-19(5-3-9-26-11-14-30)22-7-6-20(17-28-22)32-18-21-23(8-10-27-24(21)25)29-12-15-31-16-13-29/h2-8,10,17,26,30H,1,9,12-13,15-16,18H2,(H2,25,27)/b5-3-,19-4+. The number of aromatic nitrogens is 2. The quantitative estimate of drug-likeness (QED) is 0.240. The molecule has 4 N–H and O–H groups in total. The van der Waals surface area contributed by atoms with Crippen molar-refractivity contribution in [3.8, 4) is 17.9 Å². The molecule has 1 aliphatic rings. The Bertz CT molecular complexity index is 1020. The molecule has 0 unspecified atom stereocenters. The van der Waals surface area contributed by atoms with Crippen LogP contribution in [0.4, 0.5) is 11.5 Å². The number of aliphatic hydroxyl groups is 1. The molecule has 0 aromatic carbocycles. The highest BCUT2D eigenvalue weighted by Crippen LogP contribution is 2.27.